The van der Waals surface area contributed by atoms with Gasteiger partial charge in [0.05, 0.1) is 5.75 Å². The molecule has 0 unspecified atom stereocenters. The number of carboxylic acid groups (broad SMARTS) is 1. The van der Waals surface area contributed by atoms with Gasteiger partial charge in [-0.2, -0.15) is 8.42 Å². The zero-order valence-corrected chi connectivity index (χ0v) is 13.3. The first-order valence-corrected chi connectivity index (χ1v) is 7.91. The highest BCUT2D eigenvalue weighted by atomic mass is 35.5. The molecule has 0 radical (unpaired) electrons. The van der Waals surface area contributed by atoms with Gasteiger partial charge in [0.15, 0.2) is 0 Å². The van der Waals surface area contributed by atoms with Crippen molar-refractivity contribution in [3.8, 4) is 5.75 Å². The summed E-state index contributed by atoms with van der Waals surface area (Å²) < 4.78 is 28.1. The summed E-state index contributed by atoms with van der Waals surface area (Å²) in [5.74, 6) is -0.879. The van der Waals surface area contributed by atoms with Gasteiger partial charge in [0.2, 0.25) is 0 Å². The lowest BCUT2D eigenvalue weighted by molar-refractivity contribution is -0.138. The quantitative estimate of drug-likeness (QED) is 0.697. The molecule has 1 atom stereocenters. The first-order chi connectivity index (χ1) is 9.34. The van der Waals surface area contributed by atoms with Crippen molar-refractivity contribution < 1.29 is 22.5 Å². The molecule has 0 saturated heterocycles. The van der Waals surface area contributed by atoms with Crippen LogP contribution < -0.4 is 9.92 Å². The number of unbranched alkanes of at least 4 members (excludes halogenated alkanes) is 1. The van der Waals surface area contributed by atoms with Crippen molar-refractivity contribution in [2.24, 2.45) is 5.73 Å². The molecule has 8 heteroatoms. The number of carbonyl (C=O) groups is 1. The Morgan fingerprint density at radius 2 is 1.90 bits per heavy atom. The molecule has 0 aliphatic heterocycles. The van der Waals surface area contributed by atoms with E-state index in [2.05, 4.69) is 0 Å². The van der Waals surface area contributed by atoms with E-state index in [1.165, 1.54) is 12.1 Å². The Kier molecular flexibility index (Phi) is 8.31. The van der Waals surface area contributed by atoms with Crippen LogP contribution in [-0.2, 0) is 21.3 Å². The van der Waals surface area contributed by atoms with Crippen LogP contribution in [0, 0.1) is 0 Å². The van der Waals surface area contributed by atoms with E-state index in [1.807, 2.05) is 6.92 Å². The smallest absolute Gasteiger partial charge is 0.320 e. The first kappa shape index (κ1) is 19.7. The molecule has 0 bridgehead atoms. The Balaban J connectivity index is 0.00000400. The molecule has 0 amide bonds. The summed E-state index contributed by atoms with van der Waals surface area (Å²) in [6.07, 6.45) is 1.50. The lowest BCUT2D eigenvalue weighted by Crippen LogP contribution is -2.32. The number of carboxylic acids is 1. The minimum absolute atomic E-state index is 0. The number of aliphatic carboxylic acids is 1. The molecule has 21 heavy (non-hydrogen) atoms. The number of hydrogen-bond donors (Lipinski definition) is 2. The topological polar surface area (TPSA) is 107 Å². The fourth-order valence-corrected chi connectivity index (χ4v) is 2.66. The number of benzene rings is 1. The van der Waals surface area contributed by atoms with Crippen molar-refractivity contribution in [2.45, 2.75) is 32.2 Å². The molecule has 1 aromatic rings. The predicted octanol–water partition coefficient (Wildman–Crippen LogP) is 1.57. The molecule has 6 nitrogen and oxygen atoms in total. The van der Waals surface area contributed by atoms with Gasteiger partial charge in [0.25, 0.3) is 0 Å². The van der Waals surface area contributed by atoms with E-state index in [4.69, 9.17) is 15.0 Å². The Morgan fingerprint density at radius 3 is 2.38 bits per heavy atom. The van der Waals surface area contributed by atoms with Crippen molar-refractivity contribution in [3.63, 3.8) is 0 Å². The van der Waals surface area contributed by atoms with Crippen LogP contribution in [-0.4, -0.2) is 31.3 Å². The second-order valence-electron chi connectivity index (χ2n) is 4.49. The second-order valence-corrected chi connectivity index (χ2v) is 6.18. The third kappa shape index (κ3) is 7.31. The van der Waals surface area contributed by atoms with Gasteiger partial charge in [-0.15, -0.1) is 12.4 Å². The molecule has 0 fully saturated rings. The fourth-order valence-electron chi connectivity index (χ4n) is 1.53. The van der Waals surface area contributed by atoms with E-state index in [0.717, 1.165) is 6.42 Å². The molecular formula is C13H20ClNO5S. The normalized spacial score (nSPS) is 12.3. The Bertz CT molecular complexity index is 544. The maximum absolute atomic E-state index is 11.6. The largest absolute Gasteiger partial charge is 0.480 e. The van der Waals surface area contributed by atoms with E-state index in [1.54, 1.807) is 12.1 Å². The summed E-state index contributed by atoms with van der Waals surface area (Å²) in [6, 6.07) is 5.22. The SMILES string of the molecule is CCCCS(=O)(=O)Oc1ccc(C[C@H](N)C(=O)O)cc1.Cl. The van der Waals surface area contributed by atoms with E-state index in [-0.39, 0.29) is 30.3 Å². The van der Waals surface area contributed by atoms with Gasteiger partial charge in [-0.3, -0.25) is 4.79 Å². The van der Waals surface area contributed by atoms with Gasteiger partial charge in [0, 0.05) is 0 Å². The van der Waals surface area contributed by atoms with Gasteiger partial charge in [-0.05, 0) is 30.5 Å². The van der Waals surface area contributed by atoms with Crippen LogP contribution in [0.5, 0.6) is 5.75 Å². The van der Waals surface area contributed by atoms with Crippen LogP contribution in [0.25, 0.3) is 0 Å². The molecular weight excluding hydrogens is 318 g/mol. The zero-order chi connectivity index (χ0) is 15.2. The number of halogens is 1. The maximum Gasteiger partial charge on any atom is 0.320 e. The molecule has 0 aliphatic carbocycles. The van der Waals surface area contributed by atoms with Crippen LogP contribution in [0.15, 0.2) is 24.3 Å². The summed E-state index contributed by atoms with van der Waals surface area (Å²) in [5.41, 5.74) is 6.12. The van der Waals surface area contributed by atoms with Gasteiger partial charge in [0.1, 0.15) is 11.8 Å². The minimum atomic E-state index is -3.56. The van der Waals surface area contributed by atoms with E-state index < -0.39 is 22.1 Å². The van der Waals surface area contributed by atoms with Crippen LogP contribution in [0.4, 0.5) is 0 Å². The summed E-state index contributed by atoms with van der Waals surface area (Å²) in [6.45, 7) is 1.90. The standard InChI is InChI=1S/C13H19NO5S.ClH/c1-2-3-8-20(17,18)19-11-6-4-10(5-7-11)9-12(14)13(15)16;/h4-7,12H,2-3,8-9,14H2,1H3,(H,15,16);1H/t12-;/m0./s1. The maximum atomic E-state index is 11.6. The van der Waals surface area contributed by atoms with E-state index in [9.17, 15) is 13.2 Å². The van der Waals surface area contributed by atoms with Gasteiger partial charge in [-0.25, -0.2) is 0 Å². The second kappa shape index (κ2) is 8.86. The molecule has 120 valence electrons. The first-order valence-electron chi connectivity index (χ1n) is 6.33. The van der Waals surface area contributed by atoms with Crippen molar-refractivity contribution in [3.05, 3.63) is 29.8 Å². The number of rotatable bonds is 8. The van der Waals surface area contributed by atoms with E-state index in [0.29, 0.717) is 12.0 Å². The van der Waals surface area contributed by atoms with Crippen molar-refractivity contribution in [1.82, 2.24) is 0 Å². The van der Waals surface area contributed by atoms with Crippen molar-refractivity contribution in [1.29, 1.82) is 0 Å². The summed E-state index contributed by atoms with van der Waals surface area (Å²) >= 11 is 0. The molecule has 0 saturated carbocycles. The van der Waals surface area contributed by atoms with Crippen molar-refractivity contribution in [2.75, 3.05) is 5.75 Å². The highest BCUT2D eigenvalue weighted by Crippen LogP contribution is 2.16. The van der Waals surface area contributed by atoms with Gasteiger partial charge in [-0.1, -0.05) is 25.5 Å². The Labute approximate surface area is 130 Å². The minimum Gasteiger partial charge on any atom is -0.480 e. The number of hydrogen-bond acceptors (Lipinski definition) is 5. The van der Waals surface area contributed by atoms with Gasteiger partial charge < -0.3 is 15.0 Å². The summed E-state index contributed by atoms with van der Waals surface area (Å²) in [5, 5.41) is 8.70. The highest BCUT2D eigenvalue weighted by molar-refractivity contribution is 7.87. The third-order valence-corrected chi connectivity index (χ3v) is 3.90. The molecule has 0 aromatic heterocycles. The van der Waals surface area contributed by atoms with E-state index >= 15 is 0 Å². The summed E-state index contributed by atoms with van der Waals surface area (Å²) in [4.78, 5) is 10.6. The predicted molar refractivity (Wildman–Crippen MR) is 82.3 cm³/mol. The van der Waals surface area contributed by atoms with Crippen LogP contribution >= 0.6 is 12.4 Å². The molecule has 0 aliphatic rings. The monoisotopic (exact) mass is 337 g/mol. The van der Waals surface area contributed by atoms with Crippen LogP contribution in [0.2, 0.25) is 0 Å². The highest BCUT2D eigenvalue weighted by Gasteiger charge is 2.14. The number of nitrogens with two attached hydrogens (primary N) is 1. The van der Waals surface area contributed by atoms with Crippen molar-refractivity contribution >= 4 is 28.5 Å². The lowest BCUT2D eigenvalue weighted by Gasteiger charge is -2.09. The van der Waals surface area contributed by atoms with Crippen LogP contribution in [0.3, 0.4) is 0 Å². The fraction of sp³-hybridized carbons (Fsp3) is 0.462. The van der Waals surface area contributed by atoms with Crippen LogP contribution in [0.1, 0.15) is 25.3 Å². The molecule has 1 rings (SSSR count). The molecule has 3 N–H and O–H groups in total. The summed E-state index contributed by atoms with van der Waals surface area (Å²) in [7, 11) is -3.56. The average Bonchev–Trinajstić information content (AvgIpc) is 2.38. The third-order valence-electron chi connectivity index (χ3n) is 2.67. The molecule has 1 aromatic carbocycles. The zero-order valence-electron chi connectivity index (χ0n) is 11.7. The Morgan fingerprint density at radius 1 is 1.33 bits per heavy atom. The average molecular weight is 338 g/mol. The Hall–Kier alpha value is -1.31. The molecule has 0 heterocycles. The molecule has 0 spiro atoms. The lowest BCUT2D eigenvalue weighted by atomic mass is 10.1. The van der Waals surface area contributed by atoms with Gasteiger partial charge >= 0.3 is 16.1 Å².